The van der Waals surface area contributed by atoms with E-state index in [1.807, 2.05) is 0 Å². The molecular formula is C15H24N2. The molecule has 0 radical (unpaired) electrons. The largest absolute Gasteiger partial charge is 0.366 e. The molecule has 1 fully saturated rings. The van der Waals surface area contributed by atoms with E-state index in [4.69, 9.17) is 0 Å². The molecule has 94 valence electrons. The number of aryl methyl sites for hydroxylation is 2. The van der Waals surface area contributed by atoms with Crippen molar-refractivity contribution in [2.75, 3.05) is 24.5 Å². The molecule has 1 aliphatic heterocycles. The van der Waals surface area contributed by atoms with Crippen molar-refractivity contribution in [1.82, 2.24) is 5.32 Å². The molecule has 2 heteroatoms. The van der Waals surface area contributed by atoms with E-state index >= 15 is 0 Å². The van der Waals surface area contributed by atoms with E-state index in [9.17, 15) is 0 Å². The minimum Gasteiger partial charge on any atom is -0.366 e. The smallest absolute Gasteiger partial charge is 0.0438 e. The summed E-state index contributed by atoms with van der Waals surface area (Å²) in [5, 5.41) is 3.50. The lowest BCUT2D eigenvalue weighted by molar-refractivity contribution is 0.390. The Morgan fingerprint density at radius 1 is 1.24 bits per heavy atom. The van der Waals surface area contributed by atoms with Gasteiger partial charge in [-0.2, -0.15) is 0 Å². The predicted octanol–water partition coefficient (Wildman–Crippen LogP) is 2.74. The monoisotopic (exact) mass is 232 g/mol. The first-order chi connectivity index (χ1) is 8.09. The number of nitrogens with zero attached hydrogens (tertiary/aromatic N) is 1. The average molecular weight is 232 g/mol. The van der Waals surface area contributed by atoms with Crippen molar-refractivity contribution in [2.24, 2.45) is 5.92 Å². The maximum Gasteiger partial charge on any atom is 0.0438 e. The summed E-state index contributed by atoms with van der Waals surface area (Å²) >= 11 is 0. The molecule has 1 unspecified atom stereocenters. The highest BCUT2D eigenvalue weighted by Gasteiger charge is 2.25. The Hall–Kier alpha value is -1.02. The van der Waals surface area contributed by atoms with Gasteiger partial charge in [-0.05, 0) is 43.0 Å². The van der Waals surface area contributed by atoms with Gasteiger partial charge in [-0.15, -0.1) is 0 Å². The van der Waals surface area contributed by atoms with Gasteiger partial charge in [-0.25, -0.2) is 0 Å². The summed E-state index contributed by atoms with van der Waals surface area (Å²) in [5.74, 6) is 0.685. The molecule has 0 bridgehead atoms. The van der Waals surface area contributed by atoms with Crippen LogP contribution in [0.15, 0.2) is 18.2 Å². The van der Waals surface area contributed by atoms with Crippen molar-refractivity contribution in [3.05, 3.63) is 29.3 Å². The van der Waals surface area contributed by atoms with Crippen LogP contribution in [0.4, 0.5) is 5.69 Å². The van der Waals surface area contributed by atoms with Crippen LogP contribution < -0.4 is 10.2 Å². The number of benzene rings is 1. The quantitative estimate of drug-likeness (QED) is 0.843. The molecular weight excluding hydrogens is 208 g/mol. The maximum absolute atomic E-state index is 3.50. The Morgan fingerprint density at radius 3 is 2.65 bits per heavy atom. The van der Waals surface area contributed by atoms with Crippen molar-refractivity contribution in [3.63, 3.8) is 0 Å². The van der Waals surface area contributed by atoms with Crippen LogP contribution in [0.1, 0.15) is 25.0 Å². The van der Waals surface area contributed by atoms with Gasteiger partial charge in [0.05, 0.1) is 0 Å². The fraction of sp³-hybridized carbons (Fsp3) is 0.600. The number of nitrogens with one attached hydrogen (secondary N) is 1. The molecule has 0 saturated carbocycles. The van der Waals surface area contributed by atoms with Gasteiger partial charge < -0.3 is 10.2 Å². The van der Waals surface area contributed by atoms with Gasteiger partial charge >= 0.3 is 0 Å². The van der Waals surface area contributed by atoms with Crippen LogP contribution in [-0.2, 0) is 0 Å². The van der Waals surface area contributed by atoms with E-state index in [0.29, 0.717) is 12.0 Å². The van der Waals surface area contributed by atoms with Gasteiger partial charge in [0, 0.05) is 31.4 Å². The molecule has 2 nitrogen and oxygen atoms in total. The normalized spacial score (nSPS) is 21.0. The summed E-state index contributed by atoms with van der Waals surface area (Å²) in [6.07, 6.45) is 0. The molecule has 1 N–H and O–H groups in total. The van der Waals surface area contributed by atoms with Crippen LogP contribution in [0.3, 0.4) is 0 Å². The van der Waals surface area contributed by atoms with Gasteiger partial charge in [-0.3, -0.25) is 0 Å². The number of hydrogen-bond donors (Lipinski definition) is 1. The van der Waals surface area contributed by atoms with Crippen LogP contribution in [0, 0.1) is 19.8 Å². The molecule has 2 rings (SSSR count). The standard InChI is InChI=1S/C15H24N2/c1-11(2)15-10-16-7-8-17(15)14-6-5-12(3)13(4)9-14/h5-6,9,11,15-16H,7-8,10H2,1-4H3. The first kappa shape index (κ1) is 12.4. The molecule has 1 aromatic rings. The second kappa shape index (κ2) is 5.09. The lowest BCUT2D eigenvalue weighted by Gasteiger charge is -2.40. The zero-order valence-electron chi connectivity index (χ0n) is 11.5. The van der Waals surface area contributed by atoms with Gasteiger partial charge in [0.1, 0.15) is 0 Å². The molecule has 1 saturated heterocycles. The first-order valence-electron chi connectivity index (χ1n) is 6.64. The van der Waals surface area contributed by atoms with Crippen LogP contribution in [0.2, 0.25) is 0 Å². The van der Waals surface area contributed by atoms with E-state index in [-0.39, 0.29) is 0 Å². The number of rotatable bonds is 2. The molecule has 1 heterocycles. The summed E-state index contributed by atoms with van der Waals surface area (Å²) in [5.41, 5.74) is 4.15. The van der Waals surface area contributed by atoms with Gasteiger partial charge in [0.25, 0.3) is 0 Å². The zero-order valence-corrected chi connectivity index (χ0v) is 11.5. The summed E-state index contributed by atoms with van der Waals surface area (Å²) in [7, 11) is 0. The fourth-order valence-electron chi connectivity index (χ4n) is 2.55. The van der Waals surface area contributed by atoms with E-state index in [1.54, 1.807) is 0 Å². The number of hydrogen-bond acceptors (Lipinski definition) is 2. The Labute approximate surface area is 105 Å². The summed E-state index contributed by atoms with van der Waals surface area (Å²) in [6.45, 7) is 12.3. The highest BCUT2D eigenvalue weighted by atomic mass is 15.2. The van der Waals surface area contributed by atoms with Crippen molar-refractivity contribution < 1.29 is 0 Å². The van der Waals surface area contributed by atoms with Crippen LogP contribution >= 0.6 is 0 Å². The van der Waals surface area contributed by atoms with Crippen molar-refractivity contribution >= 4 is 5.69 Å². The molecule has 1 atom stereocenters. The van der Waals surface area contributed by atoms with Crippen LogP contribution in [-0.4, -0.2) is 25.7 Å². The summed E-state index contributed by atoms with van der Waals surface area (Å²) in [4.78, 5) is 2.56. The van der Waals surface area contributed by atoms with Crippen molar-refractivity contribution in [3.8, 4) is 0 Å². The minimum absolute atomic E-state index is 0.617. The SMILES string of the molecule is Cc1ccc(N2CCNCC2C(C)C)cc1C. The Kier molecular flexibility index (Phi) is 3.72. The lowest BCUT2D eigenvalue weighted by atomic mass is 9.99. The third-order valence-electron chi connectivity index (χ3n) is 3.87. The molecule has 0 aromatic heterocycles. The molecule has 17 heavy (non-hydrogen) atoms. The van der Waals surface area contributed by atoms with Gasteiger partial charge in [0.15, 0.2) is 0 Å². The minimum atomic E-state index is 0.617. The Morgan fingerprint density at radius 2 is 2.00 bits per heavy atom. The van der Waals surface area contributed by atoms with Crippen molar-refractivity contribution in [2.45, 2.75) is 33.7 Å². The molecule has 1 aliphatic rings. The molecule has 1 aromatic carbocycles. The average Bonchev–Trinajstić information content (AvgIpc) is 2.32. The molecule has 0 spiro atoms. The van der Waals surface area contributed by atoms with Gasteiger partial charge in [-0.1, -0.05) is 19.9 Å². The van der Waals surface area contributed by atoms with Gasteiger partial charge in [0.2, 0.25) is 0 Å². The van der Waals surface area contributed by atoms with E-state index in [2.05, 4.69) is 56.1 Å². The second-order valence-electron chi connectivity index (χ2n) is 5.48. The van der Waals surface area contributed by atoms with Crippen LogP contribution in [0.25, 0.3) is 0 Å². The third-order valence-corrected chi connectivity index (χ3v) is 3.87. The fourth-order valence-corrected chi connectivity index (χ4v) is 2.55. The highest BCUT2D eigenvalue weighted by Crippen LogP contribution is 2.24. The topological polar surface area (TPSA) is 15.3 Å². The van der Waals surface area contributed by atoms with E-state index in [0.717, 1.165) is 19.6 Å². The summed E-state index contributed by atoms with van der Waals surface area (Å²) < 4.78 is 0. The zero-order chi connectivity index (χ0) is 12.4. The Bertz CT molecular complexity index is 385. The predicted molar refractivity (Wildman–Crippen MR) is 74.8 cm³/mol. The van der Waals surface area contributed by atoms with E-state index in [1.165, 1.54) is 16.8 Å². The highest BCUT2D eigenvalue weighted by molar-refractivity contribution is 5.52. The molecule has 0 aliphatic carbocycles. The molecule has 0 amide bonds. The number of piperazine rings is 1. The van der Waals surface area contributed by atoms with Crippen molar-refractivity contribution in [1.29, 1.82) is 0 Å². The second-order valence-corrected chi connectivity index (χ2v) is 5.48. The number of anilines is 1. The van der Waals surface area contributed by atoms with E-state index < -0.39 is 0 Å². The van der Waals surface area contributed by atoms with Crippen LogP contribution in [0.5, 0.6) is 0 Å². The summed E-state index contributed by atoms with van der Waals surface area (Å²) in [6, 6.07) is 7.45. The first-order valence-corrected chi connectivity index (χ1v) is 6.64. The lowest BCUT2D eigenvalue weighted by Crippen LogP contribution is -2.53. The Balaban J connectivity index is 2.26. The maximum atomic E-state index is 3.50. The third kappa shape index (κ3) is 2.63.